The van der Waals surface area contributed by atoms with Gasteiger partial charge in [0.15, 0.2) is 0 Å². The third-order valence-electron chi connectivity index (χ3n) is 4.43. The molecule has 1 aliphatic rings. The molecule has 3 rings (SSSR count). The number of carbonyl (C=O) groups is 1. The van der Waals surface area contributed by atoms with Crippen LogP contribution in [0.1, 0.15) is 24.2 Å². The summed E-state index contributed by atoms with van der Waals surface area (Å²) in [6.07, 6.45) is -0.779. The van der Waals surface area contributed by atoms with Gasteiger partial charge in [-0.25, -0.2) is 0 Å². The lowest BCUT2D eigenvalue weighted by atomic mass is 10.0. The van der Waals surface area contributed by atoms with Crippen molar-refractivity contribution >= 4 is 51.5 Å². The zero-order chi connectivity index (χ0) is 18.9. The number of amides is 1. The number of halogens is 3. The summed E-state index contributed by atoms with van der Waals surface area (Å²) in [6, 6.07) is 13.3. The Hall–Kier alpha value is -1.04. The Morgan fingerprint density at radius 1 is 1.12 bits per heavy atom. The molecule has 1 N–H and O–H groups in total. The summed E-state index contributed by atoms with van der Waals surface area (Å²) >= 11 is 18.6. The van der Waals surface area contributed by atoms with Crippen molar-refractivity contribution in [2.75, 3.05) is 13.1 Å². The summed E-state index contributed by atoms with van der Waals surface area (Å²) in [7, 11) is 0. The highest BCUT2D eigenvalue weighted by Crippen LogP contribution is 2.34. The monoisotopic (exact) mass is 414 g/mol. The van der Waals surface area contributed by atoms with Crippen molar-refractivity contribution in [2.24, 2.45) is 0 Å². The van der Waals surface area contributed by atoms with Gasteiger partial charge < -0.3 is 10.1 Å². The van der Waals surface area contributed by atoms with Crippen LogP contribution in [0.25, 0.3) is 10.8 Å². The van der Waals surface area contributed by atoms with E-state index in [1.54, 1.807) is 6.07 Å². The molecule has 1 amide bonds. The number of rotatable bonds is 3. The van der Waals surface area contributed by atoms with Crippen LogP contribution >= 0.6 is 34.8 Å². The molecule has 140 valence electrons. The van der Waals surface area contributed by atoms with Crippen LogP contribution in [0.15, 0.2) is 42.5 Å². The van der Waals surface area contributed by atoms with Gasteiger partial charge in [-0.05, 0) is 30.7 Å². The highest BCUT2D eigenvalue weighted by atomic mass is 35.6. The molecule has 1 saturated heterocycles. The fourth-order valence-corrected chi connectivity index (χ4v) is 4.01. The van der Waals surface area contributed by atoms with Crippen LogP contribution in [0, 0.1) is 0 Å². The predicted molar refractivity (Wildman–Crippen MR) is 107 cm³/mol. The Kier molecular flexibility index (Phi) is 6.00. The van der Waals surface area contributed by atoms with E-state index in [-0.39, 0.29) is 18.1 Å². The van der Waals surface area contributed by atoms with Crippen molar-refractivity contribution in [1.29, 1.82) is 0 Å². The summed E-state index contributed by atoms with van der Waals surface area (Å²) in [5, 5.41) is 4.76. The molecule has 0 saturated carbocycles. The summed E-state index contributed by atoms with van der Waals surface area (Å²) in [5.41, 5.74) is 0.553. The molecular weight excluding hydrogens is 395 g/mol. The highest BCUT2D eigenvalue weighted by Gasteiger charge is 2.41. The van der Waals surface area contributed by atoms with E-state index in [0.29, 0.717) is 18.7 Å². The molecule has 1 aliphatic heterocycles. The van der Waals surface area contributed by atoms with Gasteiger partial charge in [-0.15, -0.1) is 0 Å². The van der Waals surface area contributed by atoms with Crippen LogP contribution < -0.4 is 5.32 Å². The average Bonchev–Trinajstić information content (AvgIpc) is 2.57. The quantitative estimate of drug-likeness (QED) is 0.757. The zero-order valence-corrected chi connectivity index (χ0v) is 16.9. The smallest absolute Gasteiger partial charge is 0.253 e. The molecule has 1 heterocycles. The molecule has 7 heteroatoms. The minimum atomic E-state index is -1.67. The number of carbonyl (C=O) groups excluding carboxylic acids is 1. The fraction of sp³-hybridized carbons (Fsp3) is 0.421. The molecule has 3 atom stereocenters. The third-order valence-corrected chi connectivity index (χ3v) is 5.05. The summed E-state index contributed by atoms with van der Waals surface area (Å²) in [6.45, 7) is 5.06. The lowest BCUT2D eigenvalue weighted by molar-refractivity contribution is -0.0826. The highest BCUT2D eigenvalue weighted by molar-refractivity contribution is 6.68. The molecule has 0 radical (unpaired) electrons. The van der Waals surface area contributed by atoms with Crippen molar-refractivity contribution in [1.82, 2.24) is 10.2 Å². The van der Waals surface area contributed by atoms with Gasteiger partial charge in [-0.3, -0.25) is 9.69 Å². The van der Waals surface area contributed by atoms with Gasteiger partial charge in [0.2, 0.25) is 3.79 Å². The molecule has 26 heavy (non-hydrogen) atoms. The van der Waals surface area contributed by atoms with E-state index in [4.69, 9.17) is 39.5 Å². The first kappa shape index (κ1) is 19.7. The number of ether oxygens (including phenoxy) is 1. The lowest BCUT2D eigenvalue weighted by Gasteiger charge is -2.42. The van der Waals surface area contributed by atoms with Crippen molar-refractivity contribution < 1.29 is 9.53 Å². The van der Waals surface area contributed by atoms with Crippen LogP contribution in [0.4, 0.5) is 0 Å². The van der Waals surface area contributed by atoms with Gasteiger partial charge in [0.25, 0.3) is 5.91 Å². The number of fused-ring (bicyclic) bond motifs is 1. The molecule has 2 aromatic rings. The molecule has 4 nitrogen and oxygen atoms in total. The predicted octanol–water partition coefficient (Wildman–Crippen LogP) is 4.38. The molecule has 1 fully saturated rings. The van der Waals surface area contributed by atoms with Gasteiger partial charge in [-0.1, -0.05) is 71.2 Å². The second-order valence-electron chi connectivity index (χ2n) is 6.66. The Morgan fingerprint density at radius 3 is 2.38 bits per heavy atom. The number of hydrogen-bond donors (Lipinski definition) is 1. The van der Waals surface area contributed by atoms with Crippen molar-refractivity contribution in [3.05, 3.63) is 48.0 Å². The van der Waals surface area contributed by atoms with Crippen LogP contribution in [0.5, 0.6) is 0 Å². The standard InChI is InChI=1S/C19H21Cl3N2O2/c1-12-10-24(11-13(2)26-12)18(19(20,21)22)23-17(25)16-9-5-7-14-6-3-4-8-15(14)16/h3-9,12-13,18H,10-11H2,1-2H3,(H,23,25)/t12-,13-,18-/m0/s1. The lowest BCUT2D eigenvalue weighted by Crippen LogP contribution is -2.60. The second kappa shape index (κ2) is 7.91. The van der Waals surface area contributed by atoms with Crippen molar-refractivity contribution in [3.8, 4) is 0 Å². The molecule has 0 aromatic heterocycles. The molecule has 0 spiro atoms. The minimum absolute atomic E-state index is 0.0111. The summed E-state index contributed by atoms with van der Waals surface area (Å²) in [4.78, 5) is 14.9. The van der Waals surface area contributed by atoms with Gasteiger partial charge >= 0.3 is 0 Å². The van der Waals surface area contributed by atoms with E-state index < -0.39 is 9.96 Å². The van der Waals surface area contributed by atoms with Crippen LogP contribution in [0.2, 0.25) is 0 Å². The topological polar surface area (TPSA) is 41.6 Å². The minimum Gasteiger partial charge on any atom is -0.373 e. The largest absolute Gasteiger partial charge is 0.373 e. The number of morpholine rings is 1. The average molecular weight is 416 g/mol. The van der Waals surface area contributed by atoms with Gasteiger partial charge in [0.1, 0.15) is 6.17 Å². The Labute approximate surface area is 168 Å². The van der Waals surface area contributed by atoms with Crippen molar-refractivity contribution in [3.63, 3.8) is 0 Å². The Morgan fingerprint density at radius 2 is 1.73 bits per heavy atom. The van der Waals surface area contributed by atoms with Gasteiger partial charge in [-0.2, -0.15) is 0 Å². The van der Waals surface area contributed by atoms with E-state index in [0.717, 1.165) is 10.8 Å². The fourth-order valence-electron chi connectivity index (χ4n) is 3.43. The number of hydrogen-bond acceptors (Lipinski definition) is 3. The van der Waals surface area contributed by atoms with Gasteiger partial charge in [0, 0.05) is 18.7 Å². The normalized spacial score (nSPS) is 23.0. The third kappa shape index (κ3) is 4.44. The first-order chi connectivity index (χ1) is 12.3. The second-order valence-corrected chi connectivity index (χ2v) is 9.02. The van der Waals surface area contributed by atoms with Crippen LogP contribution in [0.3, 0.4) is 0 Å². The van der Waals surface area contributed by atoms with Gasteiger partial charge in [0.05, 0.1) is 12.2 Å². The number of alkyl halides is 3. The van der Waals surface area contributed by atoms with E-state index in [9.17, 15) is 4.79 Å². The number of nitrogens with one attached hydrogen (secondary N) is 1. The van der Waals surface area contributed by atoms with E-state index in [1.807, 2.05) is 55.1 Å². The molecule has 0 aliphatic carbocycles. The van der Waals surface area contributed by atoms with E-state index >= 15 is 0 Å². The van der Waals surface area contributed by atoms with Crippen molar-refractivity contribution in [2.45, 2.75) is 36.0 Å². The maximum absolute atomic E-state index is 13.0. The van der Waals surface area contributed by atoms with E-state index in [1.165, 1.54) is 0 Å². The number of nitrogens with zero attached hydrogens (tertiary/aromatic N) is 1. The Bertz CT molecular complexity index is 778. The SMILES string of the molecule is C[C@H]1CN([C@H](NC(=O)c2cccc3ccccc23)C(Cl)(Cl)Cl)C[C@H](C)O1. The molecule has 0 bridgehead atoms. The first-order valence-electron chi connectivity index (χ1n) is 8.50. The van der Waals surface area contributed by atoms with E-state index in [2.05, 4.69) is 5.32 Å². The maximum atomic E-state index is 13.0. The molecular formula is C19H21Cl3N2O2. The summed E-state index contributed by atoms with van der Waals surface area (Å²) in [5.74, 6) is -0.273. The summed E-state index contributed by atoms with van der Waals surface area (Å²) < 4.78 is 4.07. The zero-order valence-electron chi connectivity index (χ0n) is 14.6. The maximum Gasteiger partial charge on any atom is 0.253 e. The van der Waals surface area contributed by atoms with Crippen LogP contribution in [-0.2, 0) is 4.74 Å². The molecule has 2 aromatic carbocycles. The van der Waals surface area contributed by atoms with Crippen LogP contribution in [-0.4, -0.2) is 46.1 Å². The molecule has 0 unspecified atom stereocenters. The first-order valence-corrected chi connectivity index (χ1v) is 9.64. The Balaban J connectivity index is 1.88. The number of benzene rings is 2.